The lowest BCUT2D eigenvalue weighted by molar-refractivity contribution is 0.590. The Hall–Kier alpha value is -4.42. The molecular weight excluding hydrogens is 504 g/mol. The van der Waals surface area contributed by atoms with Crippen LogP contribution in [0.5, 0.6) is 0 Å². The monoisotopic (exact) mass is 544 g/mol. The van der Waals surface area contributed by atoms with Gasteiger partial charge in [-0.05, 0) is 98.8 Å². The van der Waals surface area contributed by atoms with Crippen molar-refractivity contribution in [2.24, 2.45) is 0 Å². The molecule has 0 nitrogen and oxygen atoms in total. The van der Waals surface area contributed by atoms with Crippen molar-refractivity contribution in [3.05, 3.63) is 141 Å². The van der Waals surface area contributed by atoms with Crippen molar-refractivity contribution in [2.75, 3.05) is 0 Å². The summed E-state index contributed by atoms with van der Waals surface area (Å²) in [6, 6.07) is 40.0. The molecule has 0 saturated carbocycles. The van der Waals surface area contributed by atoms with Crippen molar-refractivity contribution in [1.82, 2.24) is 0 Å². The quantitative estimate of drug-likeness (QED) is 0.203. The zero-order valence-electron chi connectivity index (χ0n) is 25.8. The fraction of sp³-hybridized carbons (Fsp3) is 0.190. The Bertz CT molecular complexity index is 1990. The van der Waals surface area contributed by atoms with Gasteiger partial charge in [0.1, 0.15) is 0 Å². The summed E-state index contributed by atoms with van der Waals surface area (Å²) in [5, 5.41) is 9.21. The highest BCUT2D eigenvalue weighted by molar-refractivity contribution is 5.92. The van der Waals surface area contributed by atoms with Crippen LogP contribution in [0.2, 0.25) is 0 Å². The van der Waals surface area contributed by atoms with Gasteiger partial charge < -0.3 is 0 Å². The molecule has 0 spiro atoms. The molecule has 6 aromatic carbocycles. The molecule has 0 aliphatic rings. The second-order valence-corrected chi connectivity index (χ2v) is 13.7. The molecule has 0 aliphatic carbocycles. The lowest BCUT2D eigenvalue weighted by Gasteiger charge is -2.19. The van der Waals surface area contributed by atoms with Crippen molar-refractivity contribution in [3.8, 4) is 22.3 Å². The van der Waals surface area contributed by atoms with Gasteiger partial charge in [-0.3, -0.25) is 0 Å². The average Bonchev–Trinajstić information content (AvgIpc) is 2.96. The van der Waals surface area contributed by atoms with Crippen molar-refractivity contribution in [1.29, 1.82) is 0 Å². The summed E-state index contributed by atoms with van der Waals surface area (Å²) >= 11 is 0. The third-order valence-corrected chi connectivity index (χ3v) is 8.69. The van der Waals surface area contributed by atoms with Crippen LogP contribution in [0.15, 0.2) is 109 Å². The minimum atomic E-state index is 0.105. The van der Waals surface area contributed by atoms with Gasteiger partial charge in [0.05, 0.1) is 0 Å². The van der Waals surface area contributed by atoms with Crippen molar-refractivity contribution in [3.63, 3.8) is 0 Å². The van der Waals surface area contributed by atoms with E-state index in [1.807, 2.05) is 0 Å². The molecule has 208 valence electrons. The Morgan fingerprint density at radius 1 is 0.429 bits per heavy atom. The Labute approximate surface area is 250 Å². The first-order valence-electron chi connectivity index (χ1n) is 14.9. The Morgan fingerprint density at radius 2 is 0.762 bits per heavy atom. The van der Waals surface area contributed by atoms with E-state index in [-0.39, 0.29) is 10.8 Å². The van der Waals surface area contributed by atoms with Gasteiger partial charge >= 0.3 is 0 Å². The van der Waals surface area contributed by atoms with E-state index < -0.39 is 0 Å². The van der Waals surface area contributed by atoms with Crippen LogP contribution in [0.25, 0.3) is 57.0 Å². The van der Waals surface area contributed by atoms with E-state index in [1.165, 1.54) is 43.8 Å². The predicted molar refractivity (Wildman–Crippen MR) is 184 cm³/mol. The second kappa shape index (κ2) is 10.1. The van der Waals surface area contributed by atoms with Gasteiger partial charge in [-0.2, -0.15) is 0 Å². The summed E-state index contributed by atoms with van der Waals surface area (Å²) < 4.78 is 0. The van der Waals surface area contributed by atoms with Gasteiger partial charge in [0, 0.05) is 0 Å². The molecule has 0 unspecified atom stereocenters. The zero-order chi connectivity index (χ0) is 29.8. The molecule has 0 radical (unpaired) electrons. The topological polar surface area (TPSA) is 0 Å². The van der Waals surface area contributed by atoms with Crippen LogP contribution in [-0.4, -0.2) is 0 Å². The van der Waals surface area contributed by atoms with E-state index >= 15 is 0 Å². The molecule has 0 bridgehead atoms. The van der Waals surface area contributed by atoms with Gasteiger partial charge in [0.2, 0.25) is 0 Å². The average molecular weight is 545 g/mol. The maximum absolute atomic E-state index is 4.76. The smallest absolute Gasteiger partial charge is 0.00203 e. The summed E-state index contributed by atoms with van der Waals surface area (Å²) in [5.74, 6) is 0. The van der Waals surface area contributed by atoms with Crippen LogP contribution in [0, 0.1) is 10.4 Å². The van der Waals surface area contributed by atoms with Gasteiger partial charge in [-0.15, -0.1) is 0 Å². The van der Waals surface area contributed by atoms with E-state index in [0.717, 1.165) is 32.0 Å². The summed E-state index contributed by atoms with van der Waals surface area (Å²) in [7, 11) is 0. The molecule has 0 N–H and O–H groups in total. The van der Waals surface area contributed by atoms with Crippen molar-refractivity contribution >= 4 is 34.7 Å². The third-order valence-electron chi connectivity index (χ3n) is 8.69. The van der Waals surface area contributed by atoms with E-state index in [9.17, 15) is 0 Å². The van der Waals surface area contributed by atoms with Crippen LogP contribution in [0.1, 0.15) is 52.7 Å². The third kappa shape index (κ3) is 4.86. The summed E-state index contributed by atoms with van der Waals surface area (Å²) in [4.78, 5) is 0. The summed E-state index contributed by atoms with van der Waals surface area (Å²) in [6.07, 6.45) is 0. The molecule has 0 atom stereocenters. The zero-order valence-corrected chi connectivity index (χ0v) is 25.8. The fourth-order valence-corrected chi connectivity index (χ4v) is 6.17. The molecule has 6 aromatic rings. The Kier molecular flexibility index (Phi) is 6.70. The molecule has 0 heteroatoms. The molecule has 42 heavy (non-hydrogen) atoms. The van der Waals surface area contributed by atoms with Crippen molar-refractivity contribution in [2.45, 2.75) is 52.4 Å². The maximum Gasteiger partial charge on any atom is -0.00203 e. The minimum absolute atomic E-state index is 0.105. The van der Waals surface area contributed by atoms with Crippen LogP contribution in [0.4, 0.5) is 0 Å². The van der Waals surface area contributed by atoms with Gasteiger partial charge in [-0.25, -0.2) is 0 Å². The lowest BCUT2D eigenvalue weighted by Crippen LogP contribution is -2.14. The molecular formula is C42H40. The molecule has 0 aromatic heterocycles. The molecule has 0 fully saturated rings. The highest BCUT2D eigenvalue weighted by Crippen LogP contribution is 2.29. The fourth-order valence-electron chi connectivity index (χ4n) is 6.17. The standard InChI is InChI=1S/C42H40/c1-27-37(29-17-21-33(22-18-29)41(3,4)5)25-31-13-9-11-15-35(31)39(27)40-28(2)38(26-32-14-10-12-16-36(32)40)30-19-23-34(24-20-30)42(6,7)8/h9-26H,1-2H2,3-8H3. The first-order chi connectivity index (χ1) is 19.9. The maximum atomic E-state index is 4.76. The molecule has 0 amide bonds. The number of fused-ring (bicyclic) bond motifs is 2. The highest BCUT2D eigenvalue weighted by Gasteiger charge is 2.16. The van der Waals surface area contributed by atoms with E-state index in [1.54, 1.807) is 0 Å². The predicted octanol–water partition coefficient (Wildman–Crippen LogP) is 10.0. The number of benzene rings is 6. The summed E-state index contributed by atoms with van der Waals surface area (Å²) in [5.41, 5.74) is 7.55. The SMILES string of the molecule is C=c1c(-c2ccc(C(C)(C)C)cc2)cc2ccccc2c1=c1c(=C)c(-c2ccc(C(C)(C)C)cc2)cc2ccccc12. The van der Waals surface area contributed by atoms with Crippen LogP contribution in [0.3, 0.4) is 0 Å². The Balaban J connectivity index is 1.76. The molecule has 0 saturated heterocycles. The minimum Gasteiger partial charge on any atom is -0.0905 e. The normalized spacial score (nSPS) is 13.1. The van der Waals surface area contributed by atoms with Gasteiger partial charge in [0.15, 0.2) is 0 Å². The van der Waals surface area contributed by atoms with Gasteiger partial charge in [-0.1, -0.05) is 152 Å². The lowest BCUT2D eigenvalue weighted by atomic mass is 9.85. The Morgan fingerprint density at radius 3 is 1.10 bits per heavy atom. The summed E-state index contributed by atoms with van der Waals surface area (Å²) in [6.45, 7) is 23.1. The number of hydrogen-bond acceptors (Lipinski definition) is 0. The highest BCUT2D eigenvalue weighted by atomic mass is 14.2. The van der Waals surface area contributed by atoms with Gasteiger partial charge in [0.25, 0.3) is 0 Å². The number of hydrogen-bond donors (Lipinski definition) is 0. The van der Waals surface area contributed by atoms with E-state index in [4.69, 9.17) is 13.2 Å². The first kappa shape index (κ1) is 27.7. The largest absolute Gasteiger partial charge is 0.0905 e. The molecule has 0 heterocycles. The number of rotatable bonds is 2. The first-order valence-corrected chi connectivity index (χ1v) is 14.9. The van der Waals surface area contributed by atoms with Crippen LogP contribution < -0.4 is 10.4 Å². The van der Waals surface area contributed by atoms with Crippen LogP contribution >= 0.6 is 0 Å². The van der Waals surface area contributed by atoms with Crippen molar-refractivity contribution < 1.29 is 0 Å². The molecule has 0 aliphatic heterocycles. The van der Waals surface area contributed by atoms with E-state index in [0.29, 0.717) is 0 Å². The van der Waals surface area contributed by atoms with Crippen LogP contribution in [-0.2, 0) is 10.8 Å². The second-order valence-electron chi connectivity index (χ2n) is 13.7. The van der Waals surface area contributed by atoms with E-state index in [2.05, 4.69) is 151 Å². The molecule has 6 rings (SSSR count).